The number of carbonyl (C=O) groups excluding carboxylic acids is 2. The molecule has 2 rings (SSSR count). The maximum atomic E-state index is 12.8. The molecule has 0 bridgehead atoms. The van der Waals surface area contributed by atoms with E-state index >= 15 is 0 Å². The molecule has 0 heterocycles. The predicted octanol–water partition coefficient (Wildman–Crippen LogP) is 4.38. The highest BCUT2D eigenvalue weighted by molar-refractivity contribution is 6.00. The van der Waals surface area contributed by atoms with Crippen molar-refractivity contribution in [1.29, 1.82) is 0 Å². The number of hydrogen-bond donors (Lipinski definition) is 1. The minimum Gasteiger partial charge on any atom is -0.343 e. The highest BCUT2D eigenvalue weighted by Gasteiger charge is 2.49. The fraction of sp³-hybridized carbons (Fsp3) is 0.619. The molecule has 2 amide bonds. The molecule has 2 unspecified atom stereocenters. The van der Waals surface area contributed by atoms with Gasteiger partial charge in [-0.2, -0.15) is 0 Å². The minimum atomic E-state index is -0.187. The van der Waals surface area contributed by atoms with E-state index in [1.807, 2.05) is 18.7 Å². The number of carbonyl (C=O) groups is 2. The first-order valence-corrected chi connectivity index (χ1v) is 9.54. The van der Waals surface area contributed by atoms with Gasteiger partial charge in [-0.1, -0.05) is 45.9 Å². The van der Waals surface area contributed by atoms with Crippen LogP contribution in [0.15, 0.2) is 18.2 Å². The molecule has 1 saturated carbocycles. The van der Waals surface area contributed by atoms with Crippen LogP contribution in [0.3, 0.4) is 0 Å². The van der Waals surface area contributed by atoms with Crippen LogP contribution >= 0.6 is 0 Å². The fourth-order valence-electron chi connectivity index (χ4n) is 3.44. The van der Waals surface area contributed by atoms with Gasteiger partial charge >= 0.3 is 0 Å². The van der Waals surface area contributed by atoms with E-state index < -0.39 is 0 Å². The van der Waals surface area contributed by atoms with Crippen molar-refractivity contribution in [3.8, 4) is 0 Å². The summed E-state index contributed by atoms with van der Waals surface area (Å²) < 4.78 is 0. The van der Waals surface area contributed by atoms with Crippen LogP contribution in [-0.2, 0) is 9.59 Å². The molecule has 0 spiro atoms. The molecular weight excluding hydrogens is 312 g/mol. The van der Waals surface area contributed by atoms with Crippen molar-refractivity contribution in [1.82, 2.24) is 4.90 Å². The average Bonchev–Trinajstić information content (AvgIpc) is 3.36. The van der Waals surface area contributed by atoms with Crippen LogP contribution in [0, 0.1) is 11.8 Å². The molecule has 1 N–H and O–H groups in total. The van der Waals surface area contributed by atoms with Crippen LogP contribution in [0.25, 0.3) is 0 Å². The Hall–Kier alpha value is -1.84. The molecule has 138 valence electrons. The lowest BCUT2D eigenvalue weighted by Crippen LogP contribution is -2.33. The number of nitrogens with one attached hydrogen (secondary N) is 1. The van der Waals surface area contributed by atoms with Gasteiger partial charge in [-0.3, -0.25) is 9.59 Å². The zero-order valence-electron chi connectivity index (χ0n) is 16.4. The van der Waals surface area contributed by atoms with Gasteiger partial charge in [0.05, 0.1) is 11.8 Å². The van der Waals surface area contributed by atoms with E-state index in [9.17, 15) is 9.59 Å². The summed E-state index contributed by atoms with van der Waals surface area (Å²) in [5, 5.41) is 3.15. The van der Waals surface area contributed by atoms with Gasteiger partial charge in [-0.05, 0) is 43.2 Å². The maximum absolute atomic E-state index is 12.8. The number of rotatable bonds is 7. The zero-order chi connectivity index (χ0) is 18.7. The van der Waals surface area contributed by atoms with E-state index in [2.05, 4.69) is 51.2 Å². The van der Waals surface area contributed by atoms with Gasteiger partial charge in [0.2, 0.25) is 11.8 Å². The Kier molecular flexibility index (Phi) is 6.26. The van der Waals surface area contributed by atoms with Crippen molar-refractivity contribution in [2.75, 3.05) is 18.4 Å². The van der Waals surface area contributed by atoms with Crippen molar-refractivity contribution in [2.24, 2.45) is 11.8 Å². The summed E-state index contributed by atoms with van der Waals surface area (Å²) in [5.41, 5.74) is 3.26. The monoisotopic (exact) mass is 344 g/mol. The first-order chi connectivity index (χ1) is 11.8. The highest BCUT2D eigenvalue weighted by atomic mass is 16.2. The van der Waals surface area contributed by atoms with E-state index in [4.69, 9.17) is 0 Å². The van der Waals surface area contributed by atoms with Crippen LogP contribution in [0.4, 0.5) is 5.69 Å². The number of para-hydroxylation sites is 1. The van der Waals surface area contributed by atoms with Crippen molar-refractivity contribution < 1.29 is 9.59 Å². The Morgan fingerprint density at radius 2 is 1.56 bits per heavy atom. The minimum absolute atomic E-state index is 0.0134. The quantitative estimate of drug-likeness (QED) is 0.798. The van der Waals surface area contributed by atoms with Crippen molar-refractivity contribution in [3.63, 3.8) is 0 Å². The lowest BCUT2D eigenvalue weighted by Gasteiger charge is -2.21. The molecule has 4 heteroatoms. The number of anilines is 1. The summed E-state index contributed by atoms with van der Waals surface area (Å²) in [7, 11) is 0. The van der Waals surface area contributed by atoms with E-state index in [1.165, 1.54) is 0 Å². The summed E-state index contributed by atoms with van der Waals surface area (Å²) in [5.74, 6) is 0.441. The van der Waals surface area contributed by atoms with Gasteiger partial charge in [0.1, 0.15) is 0 Å². The topological polar surface area (TPSA) is 49.4 Å². The maximum Gasteiger partial charge on any atom is 0.228 e. The Balaban J connectivity index is 2.16. The normalized spacial score (nSPS) is 19.2. The van der Waals surface area contributed by atoms with Crippen LogP contribution in [-0.4, -0.2) is 29.8 Å². The summed E-state index contributed by atoms with van der Waals surface area (Å²) in [6, 6.07) is 6.22. The number of nitrogens with zero attached hydrogens (tertiary/aromatic N) is 1. The second kappa shape index (κ2) is 8.03. The summed E-state index contributed by atoms with van der Waals surface area (Å²) in [4.78, 5) is 27.0. The van der Waals surface area contributed by atoms with Gasteiger partial charge in [-0.15, -0.1) is 0 Å². The van der Waals surface area contributed by atoms with Crippen LogP contribution in [0.1, 0.15) is 70.9 Å². The predicted molar refractivity (Wildman–Crippen MR) is 103 cm³/mol. The van der Waals surface area contributed by atoms with Gasteiger partial charge in [0, 0.05) is 18.8 Å². The van der Waals surface area contributed by atoms with E-state index in [0.29, 0.717) is 31.3 Å². The second-order valence-electron chi connectivity index (χ2n) is 7.57. The van der Waals surface area contributed by atoms with Crippen molar-refractivity contribution in [3.05, 3.63) is 29.3 Å². The van der Waals surface area contributed by atoms with Gasteiger partial charge in [-0.25, -0.2) is 0 Å². The number of amides is 2. The zero-order valence-corrected chi connectivity index (χ0v) is 16.4. The molecule has 2 atom stereocenters. The number of benzene rings is 1. The third-order valence-electron chi connectivity index (χ3n) is 5.14. The van der Waals surface area contributed by atoms with Crippen molar-refractivity contribution in [2.45, 2.75) is 59.8 Å². The van der Waals surface area contributed by atoms with Crippen molar-refractivity contribution >= 4 is 17.5 Å². The lowest BCUT2D eigenvalue weighted by molar-refractivity contribution is -0.133. The molecule has 25 heavy (non-hydrogen) atoms. The first kappa shape index (κ1) is 19.5. The van der Waals surface area contributed by atoms with Crippen LogP contribution < -0.4 is 5.32 Å². The van der Waals surface area contributed by atoms with E-state index in [-0.39, 0.29) is 23.7 Å². The molecule has 0 radical (unpaired) electrons. The third-order valence-corrected chi connectivity index (χ3v) is 5.14. The largest absolute Gasteiger partial charge is 0.343 e. The third kappa shape index (κ3) is 4.23. The smallest absolute Gasteiger partial charge is 0.228 e. The molecular formula is C21H32N2O2. The molecule has 0 aromatic heterocycles. The molecule has 0 aliphatic heterocycles. The molecule has 4 nitrogen and oxygen atoms in total. The van der Waals surface area contributed by atoms with Gasteiger partial charge < -0.3 is 10.2 Å². The Bertz CT molecular complexity index is 607. The van der Waals surface area contributed by atoms with Crippen LogP contribution in [0.2, 0.25) is 0 Å². The molecule has 1 aliphatic rings. The van der Waals surface area contributed by atoms with Gasteiger partial charge in [0.15, 0.2) is 0 Å². The Morgan fingerprint density at radius 3 is 2.00 bits per heavy atom. The van der Waals surface area contributed by atoms with Gasteiger partial charge in [0.25, 0.3) is 0 Å². The molecule has 1 aliphatic carbocycles. The van der Waals surface area contributed by atoms with Crippen LogP contribution in [0.5, 0.6) is 0 Å². The molecule has 1 fully saturated rings. The summed E-state index contributed by atoms with van der Waals surface area (Å²) >= 11 is 0. The van der Waals surface area contributed by atoms with E-state index in [0.717, 1.165) is 16.8 Å². The average molecular weight is 344 g/mol. The summed E-state index contributed by atoms with van der Waals surface area (Å²) in [6.07, 6.45) is 0.669. The van der Waals surface area contributed by atoms with E-state index in [1.54, 1.807) is 0 Å². The number of hydrogen-bond acceptors (Lipinski definition) is 2. The lowest BCUT2D eigenvalue weighted by atomic mass is 9.92. The fourth-order valence-corrected chi connectivity index (χ4v) is 3.44. The second-order valence-corrected chi connectivity index (χ2v) is 7.57. The molecule has 0 saturated heterocycles. The highest BCUT2D eigenvalue weighted by Crippen LogP contribution is 2.42. The molecule has 1 aromatic rings. The standard InChI is InChI=1S/C21H32N2O2/c1-7-23(8-2)21(25)18-12-17(18)20(24)22-19-15(13(3)4)10-9-11-16(19)14(5)6/h9-11,13-14,17-18H,7-8,12H2,1-6H3,(H,22,24). The Morgan fingerprint density at radius 1 is 1.04 bits per heavy atom. The molecule has 1 aromatic carbocycles. The summed E-state index contributed by atoms with van der Waals surface area (Å²) in [6.45, 7) is 13.9. The SMILES string of the molecule is CCN(CC)C(=O)C1CC1C(=O)Nc1c(C(C)C)cccc1C(C)C. The Labute approximate surface area is 152 Å². The first-order valence-electron chi connectivity index (χ1n) is 9.54.